The van der Waals surface area contributed by atoms with Crippen LogP contribution in [0.1, 0.15) is 12.5 Å². The summed E-state index contributed by atoms with van der Waals surface area (Å²) in [7, 11) is -3.65. The van der Waals surface area contributed by atoms with Crippen LogP contribution in [0.15, 0.2) is 42.5 Å². The third-order valence-corrected chi connectivity index (χ3v) is 4.69. The van der Waals surface area contributed by atoms with Crippen LogP contribution in [0.4, 0.5) is 5.69 Å². The fraction of sp³-hybridized carbons (Fsp3) is 0.188. The first-order valence-corrected chi connectivity index (χ1v) is 9.64. The van der Waals surface area contributed by atoms with Gasteiger partial charge in [0.1, 0.15) is 10.8 Å². The van der Waals surface area contributed by atoms with Gasteiger partial charge in [-0.25, -0.2) is 13.6 Å². The molecule has 0 saturated heterocycles. The number of hydrogen-bond acceptors (Lipinski definition) is 4. The van der Waals surface area contributed by atoms with Gasteiger partial charge in [-0.2, -0.15) is 0 Å². The Bertz CT molecular complexity index is 887. The number of amides is 1. The molecule has 0 heterocycles. The summed E-state index contributed by atoms with van der Waals surface area (Å²) in [6.45, 7) is 1.56. The third kappa shape index (κ3) is 5.89. The number of halogens is 2. The van der Waals surface area contributed by atoms with Gasteiger partial charge in [-0.05, 0) is 36.8 Å². The molecule has 1 amide bonds. The summed E-state index contributed by atoms with van der Waals surface area (Å²) in [5, 5.41) is 8.21. The molecule has 0 aliphatic carbocycles. The van der Waals surface area contributed by atoms with Crippen molar-refractivity contribution >= 4 is 44.8 Å². The van der Waals surface area contributed by atoms with E-state index in [9.17, 15) is 13.2 Å². The van der Waals surface area contributed by atoms with Crippen LogP contribution < -0.4 is 15.2 Å². The van der Waals surface area contributed by atoms with E-state index in [1.54, 1.807) is 43.3 Å². The molecule has 0 fully saturated rings. The normalized spacial score (nSPS) is 12.5. The topological polar surface area (TPSA) is 98.5 Å². The smallest absolute Gasteiger partial charge is 0.265 e. The second kappa shape index (κ2) is 8.05. The molecule has 1 unspecified atom stereocenters. The molecular weight excluding hydrogens is 387 g/mol. The highest BCUT2D eigenvalue weighted by atomic mass is 35.5. The quantitative estimate of drug-likeness (QED) is 0.774. The van der Waals surface area contributed by atoms with Crippen LogP contribution in [0, 0.1) is 0 Å². The lowest BCUT2D eigenvalue weighted by molar-refractivity contribution is -0.122. The molecule has 25 heavy (non-hydrogen) atoms. The van der Waals surface area contributed by atoms with Crippen LogP contribution in [0.25, 0.3) is 0 Å². The lowest BCUT2D eigenvalue weighted by Gasteiger charge is -2.16. The van der Waals surface area contributed by atoms with Gasteiger partial charge in [-0.3, -0.25) is 4.79 Å². The molecule has 2 aromatic carbocycles. The number of primary sulfonamides is 1. The molecule has 0 spiro atoms. The van der Waals surface area contributed by atoms with Crippen molar-refractivity contribution in [1.29, 1.82) is 0 Å². The molecule has 9 heteroatoms. The number of hydrogen-bond donors (Lipinski definition) is 2. The summed E-state index contributed by atoms with van der Waals surface area (Å²) in [5.74, 6) is -0.454. The molecule has 0 aliphatic heterocycles. The van der Waals surface area contributed by atoms with Gasteiger partial charge in [0.15, 0.2) is 6.10 Å². The third-order valence-electron chi connectivity index (χ3n) is 3.15. The van der Waals surface area contributed by atoms with Crippen molar-refractivity contribution in [3.05, 3.63) is 58.1 Å². The minimum absolute atomic E-state index is 0.221. The molecule has 2 rings (SSSR count). The number of nitrogens with two attached hydrogens (primary N) is 1. The first-order chi connectivity index (χ1) is 11.7. The van der Waals surface area contributed by atoms with Crippen LogP contribution in [0.2, 0.25) is 10.0 Å². The number of benzene rings is 2. The molecule has 0 radical (unpaired) electrons. The van der Waals surface area contributed by atoms with E-state index in [2.05, 4.69) is 5.32 Å². The summed E-state index contributed by atoms with van der Waals surface area (Å²) >= 11 is 11.9. The van der Waals surface area contributed by atoms with E-state index in [0.29, 0.717) is 22.0 Å². The molecule has 0 bridgehead atoms. The zero-order chi connectivity index (χ0) is 18.6. The summed E-state index contributed by atoms with van der Waals surface area (Å²) in [6.07, 6.45) is -0.849. The number of nitrogens with one attached hydrogen (secondary N) is 1. The summed E-state index contributed by atoms with van der Waals surface area (Å²) in [4.78, 5) is 12.3. The number of carbonyl (C=O) groups excluding carboxylic acids is 1. The van der Waals surface area contributed by atoms with Crippen molar-refractivity contribution in [2.24, 2.45) is 5.14 Å². The number of rotatable bonds is 6. The van der Waals surface area contributed by atoms with Gasteiger partial charge < -0.3 is 10.1 Å². The van der Waals surface area contributed by atoms with Gasteiger partial charge in [0.2, 0.25) is 10.0 Å². The first kappa shape index (κ1) is 19.5. The maximum atomic E-state index is 12.3. The monoisotopic (exact) mass is 402 g/mol. The van der Waals surface area contributed by atoms with E-state index in [1.165, 1.54) is 6.07 Å². The number of sulfonamides is 1. The Balaban J connectivity index is 2.06. The van der Waals surface area contributed by atoms with E-state index in [4.69, 9.17) is 33.1 Å². The largest absolute Gasteiger partial charge is 0.479 e. The van der Waals surface area contributed by atoms with Crippen molar-refractivity contribution in [1.82, 2.24) is 0 Å². The van der Waals surface area contributed by atoms with Gasteiger partial charge >= 0.3 is 0 Å². The molecule has 6 nitrogen and oxygen atoms in total. The van der Waals surface area contributed by atoms with Crippen molar-refractivity contribution in [2.75, 3.05) is 5.32 Å². The minimum Gasteiger partial charge on any atom is -0.479 e. The fourth-order valence-electron chi connectivity index (χ4n) is 2.03. The molecule has 0 aromatic heterocycles. The second-order valence-electron chi connectivity index (χ2n) is 5.31. The Kier molecular flexibility index (Phi) is 6.29. The Morgan fingerprint density at radius 2 is 1.92 bits per heavy atom. The Morgan fingerprint density at radius 3 is 2.60 bits per heavy atom. The number of carbonyl (C=O) groups is 1. The standard InChI is InChI=1S/C16H16Cl2N2O4S/c1-10(24-14-7-3-6-13(17)15(14)18)16(21)20-12-5-2-4-11(8-12)9-25(19,22)23/h2-8,10H,9H2,1H3,(H,20,21)(H2,19,22,23). The SMILES string of the molecule is CC(Oc1cccc(Cl)c1Cl)C(=O)Nc1cccc(CS(N)(=O)=O)c1. The highest BCUT2D eigenvalue weighted by molar-refractivity contribution is 7.88. The predicted octanol–water partition coefficient (Wildman–Crippen LogP) is 3.19. The van der Waals surface area contributed by atoms with Crippen molar-refractivity contribution in [3.63, 3.8) is 0 Å². The lowest BCUT2D eigenvalue weighted by atomic mass is 10.2. The summed E-state index contributed by atoms with van der Waals surface area (Å²) in [5.41, 5.74) is 0.894. The van der Waals surface area contributed by atoms with Crippen molar-refractivity contribution in [2.45, 2.75) is 18.8 Å². The zero-order valence-electron chi connectivity index (χ0n) is 13.2. The Morgan fingerprint density at radius 1 is 1.24 bits per heavy atom. The van der Waals surface area contributed by atoms with Crippen molar-refractivity contribution < 1.29 is 17.9 Å². The first-order valence-electron chi connectivity index (χ1n) is 7.16. The van der Waals surface area contributed by atoms with Crippen molar-refractivity contribution in [3.8, 4) is 5.75 Å². The average molecular weight is 403 g/mol. The van der Waals surface area contributed by atoms with E-state index < -0.39 is 22.0 Å². The summed E-state index contributed by atoms with van der Waals surface area (Å²) in [6, 6.07) is 11.3. The van der Waals surface area contributed by atoms with E-state index >= 15 is 0 Å². The van der Waals surface area contributed by atoms with Crippen LogP contribution in [0.3, 0.4) is 0 Å². The van der Waals surface area contributed by atoms with E-state index in [-0.39, 0.29) is 10.8 Å². The molecule has 3 N–H and O–H groups in total. The highest BCUT2D eigenvalue weighted by Gasteiger charge is 2.17. The van der Waals surface area contributed by atoms with E-state index in [0.717, 1.165) is 0 Å². The minimum atomic E-state index is -3.65. The molecule has 0 saturated carbocycles. The van der Waals surface area contributed by atoms with Gasteiger partial charge in [-0.15, -0.1) is 0 Å². The molecule has 2 aromatic rings. The molecule has 0 aliphatic rings. The van der Waals surface area contributed by atoms with Gasteiger partial charge in [0.05, 0.1) is 10.8 Å². The molecule has 134 valence electrons. The zero-order valence-corrected chi connectivity index (χ0v) is 15.5. The van der Waals surface area contributed by atoms with Crippen LogP contribution in [-0.2, 0) is 20.6 Å². The maximum Gasteiger partial charge on any atom is 0.265 e. The average Bonchev–Trinajstić information content (AvgIpc) is 2.50. The van der Waals surface area contributed by atoms with Crippen LogP contribution in [-0.4, -0.2) is 20.4 Å². The summed E-state index contributed by atoms with van der Waals surface area (Å²) < 4.78 is 27.8. The van der Waals surface area contributed by atoms with Gasteiger partial charge in [-0.1, -0.05) is 41.4 Å². The number of anilines is 1. The lowest BCUT2D eigenvalue weighted by Crippen LogP contribution is -2.30. The predicted molar refractivity (Wildman–Crippen MR) is 98.4 cm³/mol. The van der Waals surface area contributed by atoms with Gasteiger partial charge in [0, 0.05) is 5.69 Å². The number of ether oxygens (including phenoxy) is 1. The van der Waals surface area contributed by atoms with Crippen LogP contribution in [0.5, 0.6) is 5.75 Å². The molecule has 1 atom stereocenters. The van der Waals surface area contributed by atoms with Gasteiger partial charge in [0.25, 0.3) is 5.91 Å². The van der Waals surface area contributed by atoms with Crippen LogP contribution >= 0.6 is 23.2 Å². The Labute approximate surface area is 155 Å². The van der Waals surface area contributed by atoms with E-state index in [1.807, 2.05) is 0 Å². The highest BCUT2D eigenvalue weighted by Crippen LogP contribution is 2.32. The Hall–Kier alpha value is -1.80. The fourth-order valence-corrected chi connectivity index (χ4v) is 3.01. The maximum absolute atomic E-state index is 12.3. The second-order valence-corrected chi connectivity index (χ2v) is 7.71. The molecular formula is C16H16Cl2N2O4S.